The van der Waals surface area contributed by atoms with E-state index in [1.807, 2.05) is 25.1 Å². The van der Waals surface area contributed by atoms with Gasteiger partial charge in [0.25, 0.3) is 5.91 Å². The Morgan fingerprint density at radius 2 is 2.11 bits per heavy atom. The standard InChI is InChI=1S/C15H19N3O/c1-2-13-11-14(18-17-13)15(19)16-10-6-9-12-7-4-3-5-8-12/h3-5,7-8,11H,2,6,9-10H2,1H3,(H,16,19)(H,17,18). The maximum absolute atomic E-state index is 11.8. The van der Waals surface area contributed by atoms with Gasteiger partial charge in [-0.2, -0.15) is 5.10 Å². The van der Waals surface area contributed by atoms with Crippen LogP contribution in [0.15, 0.2) is 36.4 Å². The fourth-order valence-electron chi connectivity index (χ4n) is 1.89. The summed E-state index contributed by atoms with van der Waals surface area (Å²) in [7, 11) is 0. The van der Waals surface area contributed by atoms with Gasteiger partial charge in [0.2, 0.25) is 0 Å². The van der Waals surface area contributed by atoms with Crippen LogP contribution in [0.25, 0.3) is 0 Å². The van der Waals surface area contributed by atoms with Crippen LogP contribution in [0.2, 0.25) is 0 Å². The Bertz CT molecular complexity index is 519. The molecule has 0 radical (unpaired) electrons. The van der Waals surface area contributed by atoms with Gasteiger partial charge in [-0.25, -0.2) is 0 Å². The van der Waals surface area contributed by atoms with Crippen LogP contribution < -0.4 is 5.32 Å². The van der Waals surface area contributed by atoms with Crippen LogP contribution in [0, 0.1) is 0 Å². The number of rotatable bonds is 6. The predicted molar refractivity (Wildman–Crippen MR) is 75.1 cm³/mol. The Hall–Kier alpha value is -2.10. The number of aromatic nitrogens is 2. The van der Waals surface area contributed by atoms with Crippen molar-refractivity contribution < 1.29 is 4.79 Å². The molecule has 2 rings (SSSR count). The molecule has 0 atom stereocenters. The largest absolute Gasteiger partial charge is 0.351 e. The molecule has 0 aliphatic rings. The summed E-state index contributed by atoms with van der Waals surface area (Å²) >= 11 is 0. The molecule has 0 bridgehead atoms. The second-order valence-corrected chi connectivity index (χ2v) is 4.48. The average Bonchev–Trinajstić information content (AvgIpc) is 2.93. The first kappa shape index (κ1) is 13.3. The molecular formula is C15H19N3O. The van der Waals surface area contributed by atoms with Crippen molar-refractivity contribution >= 4 is 5.91 Å². The molecule has 4 heteroatoms. The van der Waals surface area contributed by atoms with Crippen LogP contribution in [-0.2, 0) is 12.8 Å². The zero-order valence-electron chi connectivity index (χ0n) is 11.1. The van der Waals surface area contributed by atoms with Gasteiger partial charge in [-0.1, -0.05) is 37.3 Å². The summed E-state index contributed by atoms with van der Waals surface area (Å²) in [6.07, 6.45) is 2.76. The second-order valence-electron chi connectivity index (χ2n) is 4.48. The van der Waals surface area contributed by atoms with E-state index in [1.54, 1.807) is 6.07 Å². The van der Waals surface area contributed by atoms with Gasteiger partial charge in [0.15, 0.2) is 0 Å². The summed E-state index contributed by atoms with van der Waals surface area (Å²) in [6.45, 7) is 2.69. The number of hydrogen-bond donors (Lipinski definition) is 2. The molecular weight excluding hydrogens is 238 g/mol. The average molecular weight is 257 g/mol. The van der Waals surface area contributed by atoms with E-state index < -0.39 is 0 Å². The van der Waals surface area contributed by atoms with Crippen molar-refractivity contribution in [2.45, 2.75) is 26.2 Å². The molecule has 19 heavy (non-hydrogen) atoms. The van der Waals surface area contributed by atoms with Crippen LogP contribution in [0.4, 0.5) is 0 Å². The maximum Gasteiger partial charge on any atom is 0.271 e. The van der Waals surface area contributed by atoms with Crippen LogP contribution in [0.1, 0.15) is 35.1 Å². The summed E-state index contributed by atoms with van der Waals surface area (Å²) in [6, 6.07) is 12.1. The number of carbonyl (C=O) groups excluding carboxylic acids is 1. The number of amides is 1. The van der Waals surface area contributed by atoms with Crippen LogP contribution in [0.3, 0.4) is 0 Å². The number of hydrogen-bond acceptors (Lipinski definition) is 2. The van der Waals surface area contributed by atoms with Crippen molar-refractivity contribution in [1.29, 1.82) is 0 Å². The van der Waals surface area contributed by atoms with Gasteiger partial charge in [0.05, 0.1) is 0 Å². The molecule has 100 valence electrons. The lowest BCUT2D eigenvalue weighted by Crippen LogP contribution is -2.25. The summed E-state index contributed by atoms with van der Waals surface area (Å²) in [5.74, 6) is -0.107. The smallest absolute Gasteiger partial charge is 0.271 e. The highest BCUT2D eigenvalue weighted by molar-refractivity contribution is 5.92. The van der Waals surface area contributed by atoms with E-state index >= 15 is 0 Å². The minimum Gasteiger partial charge on any atom is -0.351 e. The minimum absolute atomic E-state index is 0.107. The molecule has 1 amide bonds. The first-order chi connectivity index (χ1) is 9.29. The maximum atomic E-state index is 11.8. The van der Waals surface area contributed by atoms with Crippen molar-refractivity contribution in [3.63, 3.8) is 0 Å². The Morgan fingerprint density at radius 1 is 1.32 bits per heavy atom. The van der Waals surface area contributed by atoms with E-state index in [1.165, 1.54) is 5.56 Å². The highest BCUT2D eigenvalue weighted by Gasteiger charge is 2.08. The zero-order chi connectivity index (χ0) is 13.5. The monoisotopic (exact) mass is 257 g/mol. The first-order valence-corrected chi connectivity index (χ1v) is 6.66. The number of nitrogens with zero attached hydrogens (tertiary/aromatic N) is 1. The van der Waals surface area contributed by atoms with Crippen molar-refractivity contribution in [2.75, 3.05) is 6.54 Å². The quantitative estimate of drug-likeness (QED) is 0.780. The molecule has 0 saturated heterocycles. The third-order valence-electron chi connectivity index (χ3n) is 3.02. The molecule has 0 saturated carbocycles. The normalized spacial score (nSPS) is 10.4. The van der Waals surface area contributed by atoms with E-state index in [4.69, 9.17) is 0 Å². The Labute approximate surface area is 113 Å². The molecule has 0 spiro atoms. The highest BCUT2D eigenvalue weighted by Crippen LogP contribution is 2.02. The van der Waals surface area contributed by atoms with Gasteiger partial charge in [0.1, 0.15) is 5.69 Å². The molecule has 0 fully saturated rings. The molecule has 4 nitrogen and oxygen atoms in total. The molecule has 0 aliphatic heterocycles. The van der Waals surface area contributed by atoms with Crippen molar-refractivity contribution in [3.8, 4) is 0 Å². The molecule has 1 aromatic heterocycles. The number of H-pyrrole nitrogens is 1. The SMILES string of the molecule is CCc1cc(C(=O)NCCCc2ccccc2)n[nH]1. The topological polar surface area (TPSA) is 57.8 Å². The van der Waals surface area contributed by atoms with Gasteiger partial charge in [-0.3, -0.25) is 9.89 Å². The van der Waals surface area contributed by atoms with E-state index in [0.717, 1.165) is 25.0 Å². The lowest BCUT2D eigenvalue weighted by molar-refractivity contribution is 0.0948. The van der Waals surface area contributed by atoms with E-state index in [-0.39, 0.29) is 5.91 Å². The fraction of sp³-hybridized carbons (Fsp3) is 0.333. The number of nitrogens with one attached hydrogen (secondary N) is 2. The Kier molecular flexibility index (Phi) is 4.72. The third kappa shape index (κ3) is 3.95. The molecule has 1 heterocycles. The van der Waals surface area contributed by atoms with Gasteiger partial charge in [0, 0.05) is 12.2 Å². The van der Waals surface area contributed by atoms with Gasteiger partial charge in [-0.05, 0) is 30.9 Å². The van der Waals surface area contributed by atoms with E-state index in [2.05, 4.69) is 27.6 Å². The lowest BCUT2D eigenvalue weighted by Gasteiger charge is -2.03. The minimum atomic E-state index is -0.107. The number of benzene rings is 1. The third-order valence-corrected chi connectivity index (χ3v) is 3.02. The lowest BCUT2D eigenvalue weighted by atomic mass is 10.1. The Morgan fingerprint density at radius 3 is 2.79 bits per heavy atom. The van der Waals surface area contributed by atoms with E-state index in [9.17, 15) is 4.79 Å². The number of carbonyl (C=O) groups is 1. The predicted octanol–water partition coefficient (Wildman–Crippen LogP) is 2.33. The highest BCUT2D eigenvalue weighted by atomic mass is 16.1. The first-order valence-electron chi connectivity index (χ1n) is 6.66. The van der Waals surface area contributed by atoms with Gasteiger partial charge in [-0.15, -0.1) is 0 Å². The summed E-state index contributed by atoms with van der Waals surface area (Å²) < 4.78 is 0. The zero-order valence-corrected chi connectivity index (χ0v) is 11.1. The van der Waals surface area contributed by atoms with Crippen molar-refractivity contribution in [1.82, 2.24) is 15.5 Å². The van der Waals surface area contributed by atoms with Crippen LogP contribution in [-0.4, -0.2) is 22.6 Å². The van der Waals surface area contributed by atoms with Gasteiger partial charge < -0.3 is 5.32 Å². The molecule has 2 N–H and O–H groups in total. The molecule has 2 aromatic rings. The number of aromatic amines is 1. The van der Waals surface area contributed by atoms with Gasteiger partial charge >= 0.3 is 0 Å². The molecule has 1 aromatic carbocycles. The van der Waals surface area contributed by atoms with E-state index in [0.29, 0.717) is 12.2 Å². The summed E-state index contributed by atoms with van der Waals surface area (Å²) in [4.78, 5) is 11.8. The molecule has 0 unspecified atom stereocenters. The van der Waals surface area contributed by atoms with Crippen LogP contribution in [0.5, 0.6) is 0 Å². The summed E-state index contributed by atoms with van der Waals surface area (Å²) in [5.41, 5.74) is 2.75. The Balaban J connectivity index is 1.72. The fourth-order valence-corrected chi connectivity index (χ4v) is 1.89. The van der Waals surface area contributed by atoms with Crippen LogP contribution >= 0.6 is 0 Å². The molecule has 0 aliphatic carbocycles. The summed E-state index contributed by atoms with van der Waals surface area (Å²) in [5, 5.41) is 9.71. The number of aryl methyl sites for hydroxylation is 2. The second kappa shape index (κ2) is 6.73. The van der Waals surface area contributed by atoms with Crippen molar-refractivity contribution in [3.05, 3.63) is 53.3 Å². The van der Waals surface area contributed by atoms with Crippen molar-refractivity contribution in [2.24, 2.45) is 0 Å².